The van der Waals surface area contributed by atoms with Crippen LogP contribution in [0, 0.1) is 0 Å². The first-order valence-electron chi connectivity index (χ1n) is 14.9. The fourth-order valence-electron chi connectivity index (χ4n) is 3.98. The number of hydrogen-bond acceptors (Lipinski definition) is 3. The fraction of sp³-hybridized carbons (Fsp3) is 0.839. The number of rotatable bonds is 26. The molecule has 200 valence electrons. The van der Waals surface area contributed by atoms with Crippen LogP contribution >= 0.6 is 0 Å². The molecule has 0 atom stereocenters. The number of hydrogen-bond donors (Lipinski definition) is 0. The molecular formula is C31H58O3. The predicted molar refractivity (Wildman–Crippen MR) is 149 cm³/mol. The molecule has 0 fully saturated rings. The molecule has 0 bridgehead atoms. The zero-order valence-corrected chi connectivity index (χ0v) is 23.0. The third-order valence-corrected chi connectivity index (χ3v) is 6.25. The van der Waals surface area contributed by atoms with Crippen molar-refractivity contribution in [3.8, 4) is 0 Å². The zero-order chi connectivity index (χ0) is 24.8. The predicted octanol–water partition coefficient (Wildman–Crippen LogP) is 10.9. The van der Waals surface area contributed by atoms with Crippen LogP contribution in [0.15, 0.2) is 24.3 Å². The lowest BCUT2D eigenvalue weighted by Gasteiger charge is -2.06. The molecule has 0 aromatic heterocycles. The summed E-state index contributed by atoms with van der Waals surface area (Å²) in [5.41, 5.74) is 0. The number of unbranched alkanes of at least 4 members (excludes halogenated alkanes) is 18. The number of carbonyl (C=O) groups excluding carboxylic acids is 1. The molecular weight excluding hydrogens is 420 g/mol. The molecule has 0 radical (unpaired) electrons. The molecule has 0 rings (SSSR count). The molecule has 0 heterocycles. The SMILES string of the molecule is CCCC/C=C\CCCCCCCCOC(=O)OCCCCCCCC/C=C\CCCCCC. The van der Waals surface area contributed by atoms with Crippen molar-refractivity contribution in [1.29, 1.82) is 0 Å². The number of ether oxygens (including phenoxy) is 2. The molecule has 0 amide bonds. The summed E-state index contributed by atoms with van der Waals surface area (Å²) >= 11 is 0. The molecule has 0 spiro atoms. The molecule has 3 nitrogen and oxygen atoms in total. The van der Waals surface area contributed by atoms with Crippen LogP contribution < -0.4 is 0 Å². The first-order valence-corrected chi connectivity index (χ1v) is 14.9. The van der Waals surface area contributed by atoms with Crippen molar-refractivity contribution in [2.24, 2.45) is 0 Å². The van der Waals surface area contributed by atoms with Crippen molar-refractivity contribution < 1.29 is 14.3 Å². The van der Waals surface area contributed by atoms with Crippen LogP contribution in [0.3, 0.4) is 0 Å². The van der Waals surface area contributed by atoms with E-state index >= 15 is 0 Å². The lowest BCUT2D eigenvalue weighted by atomic mass is 10.1. The number of carbonyl (C=O) groups is 1. The Labute approximate surface area is 213 Å². The minimum absolute atomic E-state index is 0.489. The van der Waals surface area contributed by atoms with Crippen molar-refractivity contribution in [2.75, 3.05) is 13.2 Å². The van der Waals surface area contributed by atoms with E-state index in [1.54, 1.807) is 0 Å². The van der Waals surface area contributed by atoms with Gasteiger partial charge >= 0.3 is 6.16 Å². The Morgan fingerprint density at radius 2 is 0.765 bits per heavy atom. The van der Waals surface area contributed by atoms with Gasteiger partial charge in [-0.05, 0) is 57.8 Å². The molecule has 0 aliphatic carbocycles. The minimum atomic E-state index is -0.489. The highest BCUT2D eigenvalue weighted by atomic mass is 16.7. The monoisotopic (exact) mass is 478 g/mol. The van der Waals surface area contributed by atoms with E-state index in [-0.39, 0.29) is 0 Å². The Kier molecular flexibility index (Phi) is 28.7. The van der Waals surface area contributed by atoms with Crippen LogP contribution in [-0.4, -0.2) is 19.4 Å². The second-order valence-electron chi connectivity index (χ2n) is 9.70. The van der Waals surface area contributed by atoms with E-state index in [0.717, 1.165) is 25.7 Å². The highest BCUT2D eigenvalue weighted by Gasteiger charge is 2.03. The van der Waals surface area contributed by atoms with E-state index in [1.165, 1.54) is 116 Å². The summed E-state index contributed by atoms with van der Waals surface area (Å²) in [6.07, 6.45) is 36.2. The van der Waals surface area contributed by atoms with Gasteiger partial charge in [0.2, 0.25) is 0 Å². The van der Waals surface area contributed by atoms with Gasteiger partial charge in [-0.3, -0.25) is 0 Å². The molecule has 0 aliphatic heterocycles. The van der Waals surface area contributed by atoms with Crippen LogP contribution in [0.4, 0.5) is 4.79 Å². The van der Waals surface area contributed by atoms with Crippen LogP contribution in [0.1, 0.15) is 155 Å². The topological polar surface area (TPSA) is 35.5 Å². The van der Waals surface area contributed by atoms with E-state index < -0.39 is 6.16 Å². The maximum atomic E-state index is 11.6. The van der Waals surface area contributed by atoms with Gasteiger partial charge in [-0.25, -0.2) is 4.79 Å². The second kappa shape index (κ2) is 29.8. The zero-order valence-electron chi connectivity index (χ0n) is 23.0. The first-order chi connectivity index (χ1) is 16.8. The average Bonchev–Trinajstić information content (AvgIpc) is 2.84. The van der Waals surface area contributed by atoms with Crippen molar-refractivity contribution >= 4 is 6.16 Å². The van der Waals surface area contributed by atoms with Crippen LogP contribution in [-0.2, 0) is 9.47 Å². The summed E-state index contributed by atoms with van der Waals surface area (Å²) in [6.45, 7) is 5.48. The summed E-state index contributed by atoms with van der Waals surface area (Å²) in [5, 5.41) is 0. The Morgan fingerprint density at radius 1 is 0.441 bits per heavy atom. The Morgan fingerprint density at radius 3 is 1.18 bits per heavy atom. The molecule has 0 saturated heterocycles. The second-order valence-corrected chi connectivity index (χ2v) is 9.70. The van der Waals surface area contributed by atoms with Gasteiger partial charge in [0.15, 0.2) is 0 Å². The Balaban J connectivity index is 3.21. The lowest BCUT2D eigenvalue weighted by Crippen LogP contribution is -2.09. The summed E-state index contributed by atoms with van der Waals surface area (Å²) < 4.78 is 10.4. The molecule has 0 saturated carbocycles. The van der Waals surface area contributed by atoms with E-state index in [9.17, 15) is 4.79 Å². The molecule has 34 heavy (non-hydrogen) atoms. The van der Waals surface area contributed by atoms with Gasteiger partial charge in [0.05, 0.1) is 13.2 Å². The molecule has 0 unspecified atom stereocenters. The minimum Gasteiger partial charge on any atom is -0.434 e. The summed E-state index contributed by atoms with van der Waals surface area (Å²) in [6, 6.07) is 0. The molecule has 0 aliphatic rings. The van der Waals surface area contributed by atoms with Gasteiger partial charge in [-0.1, -0.05) is 122 Å². The van der Waals surface area contributed by atoms with Gasteiger partial charge in [0.1, 0.15) is 0 Å². The molecule has 0 aromatic carbocycles. The van der Waals surface area contributed by atoms with Crippen molar-refractivity contribution in [1.82, 2.24) is 0 Å². The summed E-state index contributed by atoms with van der Waals surface area (Å²) in [5.74, 6) is 0. The normalized spacial score (nSPS) is 11.6. The van der Waals surface area contributed by atoms with E-state index in [4.69, 9.17) is 9.47 Å². The molecule has 0 aromatic rings. The fourth-order valence-corrected chi connectivity index (χ4v) is 3.98. The van der Waals surface area contributed by atoms with E-state index in [0.29, 0.717) is 13.2 Å². The van der Waals surface area contributed by atoms with Crippen LogP contribution in [0.25, 0.3) is 0 Å². The standard InChI is InChI=1S/C31H58O3/c1-3-5-7-9-11-13-15-17-18-20-22-24-26-28-30-34-31(32)33-29-27-25-23-21-19-16-14-12-10-8-6-4-2/h10,12-13,15H,3-9,11,14,16-30H2,1-2H3/b12-10-,15-13-. The maximum absolute atomic E-state index is 11.6. The third-order valence-electron chi connectivity index (χ3n) is 6.25. The average molecular weight is 479 g/mol. The Bertz CT molecular complexity index is 456. The van der Waals surface area contributed by atoms with Gasteiger partial charge in [-0.15, -0.1) is 0 Å². The van der Waals surface area contributed by atoms with Gasteiger partial charge in [0, 0.05) is 0 Å². The first kappa shape index (κ1) is 32.8. The van der Waals surface area contributed by atoms with Crippen LogP contribution in [0.5, 0.6) is 0 Å². The van der Waals surface area contributed by atoms with Crippen LogP contribution in [0.2, 0.25) is 0 Å². The quantitative estimate of drug-likeness (QED) is 0.0704. The molecule has 3 heteroatoms. The van der Waals surface area contributed by atoms with E-state index in [1.807, 2.05) is 0 Å². The summed E-state index contributed by atoms with van der Waals surface area (Å²) in [4.78, 5) is 11.6. The van der Waals surface area contributed by atoms with Crippen molar-refractivity contribution in [2.45, 2.75) is 155 Å². The van der Waals surface area contributed by atoms with Crippen molar-refractivity contribution in [3.63, 3.8) is 0 Å². The Hall–Kier alpha value is -1.25. The van der Waals surface area contributed by atoms with Gasteiger partial charge < -0.3 is 9.47 Å². The van der Waals surface area contributed by atoms with Crippen molar-refractivity contribution in [3.05, 3.63) is 24.3 Å². The largest absolute Gasteiger partial charge is 0.508 e. The highest BCUT2D eigenvalue weighted by Crippen LogP contribution is 2.10. The van der Waals surface area contributed by atoms with Gasteiger partial charge in [-0.2, -0.15) is 0 Å². The molecule has 0 N–H and O–H groups in total. The van der Waals surface area contributed by atoms with Gasteiger partial charge in [0.25, 0.3) is 0 Å². The lowest BCUT2D eigenvalue weighted by molar-refractivity contribution is 0.0529. The summed E-state index contributed by atoms with van der Waals surface area (Å²) in [7, 11) is 0. The maximum Gasteiger partial charge on any atom is 0.508 e. The smallest absolute Gasteiger partial charge is 0.434 e. The van der Waals surface area contributed by atoms with E-state index in [2.05, 4.69) is 38.2 Å². The number of allylic oxidation sites excluding steroid dienone is 4. The highest BCUT2D eigenvalue weighted by molar-refractivity contribution is 5.59. The third kappa shape index (κ3) is 28.8.